The molecule has 0 spiro atoms. The Morgan fingerprint density at radius 2 is 1.57 bits per heavy atom. The summed E-state index contributed by atoms with van der Waals surface area (Å²) < 4.78 is 34.8. The molecule has 35 heavy (non-hydrogen) atoms. The average molecular weight is 495 g/mol. The lowest BCUT2D eigenvalue weighted by Gasteiger charge is -2.21. The van der Waals surface area contributed by atoms with Crippen molar-refractivity contribution in [2.45, 2.75) is 57.9 Å². The Bertz CT molecular complexity index is 1230. The van der Waals surface area contributed by atoms with Gasteiger partial charge in [0.2, 0.25) is 15.9 Å². The minimum Gasteiger partial charge on any atom is -0.494 e. The zero-order valence-electron chi connectivity index (χ0n) is 20.8. The Kier molecular flexibility index (Phi) is 9.07. The molecule has 1 atom stereocenters. The highest BCUT2D eigenvalue weighted by molar-refractivity contribution is 7.89. The van der Waals surface area contributed by atoms with Crippen molar-refractivity contribution in [3.8, 4) is 5.75 Å². The number of hydrogen-bond donors (Lipinski definition) is 2. The summed E-state index contributed by atoms with van der Waals surface area (Å²) in [6.45, 7) is 8.22. The Morgan fingerprint density at radius 3 is 2.14 bits per heavy atom. The highest BCUT2D eigenvalue weighted by Crippen LogP contribution is 2.24. The highest BCUT2D eigenvalue weighted by atomic mass is 32.2. The van der Waals surface area contributed by atoms with Crippen molar-refractivity contribution < 1.29 is 17.9 Å². The van der Waals surface area contributed by atoms with E-state index in [1.54, 1.807) is 19.1 Å². The molecule has 0 aromatic heterocycles. The summed E-state index contributed by atoms with van der Waals surface area (Å²) in [7, 11) is -3.97. The van der Waals surface area contributed by atoms with E-state index in [1.807, 2.05) is 69.3 Å². The number of ether oxygens (including phenoxy) is 1. The number of hydrogen-bond acceptors (Lipinski definition) is 4. The van der Waals surface area contributed by atoms with Crippen molar-refractivity contribution in [1.82, 2.24) is 4.72 Å². The molecule has 6 nitrogen and oxygen atoms in total. The van der Waals surface area contributed by atoms with E-state index in [-0.39, 0.29) is 11.3 Å². The number of amides is 1. The van der Waals surface area contributed by atoms with Crippen LogP contribution in [0.5, 0.6) is 5.75 Å². The molecule has 0 aliphatic rings. The summed E-state index contributed by atoms with van der Waals surface area (Å²) >= 11 is 0. The van der Waals surface area contributed by atoms with Gasteiger partial charge in [-0.05, 0) is 73.6 Å². The van der Waals surface area contributed by atoms with E-state index < -0.39 is 22.0 Å². The van der Waals surface area contributed by atoms with E-state index in [1.165, 1.54) is 6.07 Å². The van der Waals surface area contributed by atoms with Crippen LogP contribution in [-0.2, 0) is 34.1 Å². The van der Waals surface area contributed by atoms with Gasteiger partial charge in [-0.2, -0.15) is 4.72 Å². The van der Waals surface area contributed by atoms with Crippen LogP contribution in [0.15, 0.2) is 71.6 Å². The van der Waals surface area contributed by atoms with Gasteiger partial charge in [0.15, 0.2) is 0 Å². The predicted octanol–water partition coefficient (Wildman–Crippen LogP) is 5.05. The molecule has 0 saturated carbocycles. The van der Waals surface area contributed by atoms with Crippen molar-refractivity contribution >= 4 is 21.6 Å². The second kappa shape index (κ2) is 12.0. The number of para-hydroxylation sites is 1. The SMILES string of the molecule is CCOc1ccc(S(=O)(=O)N[C@H](Cc2ccccc2)C(=O)Nc2c(CC)cccc2CC)cc1C. The van der Waals surface area contributed by atoms with Crippen molar-refractivity contribution in [1.29, 1.82) is 0 Å². The van der Waals surface area contributed by atoms with Crippen LogP contribution in [0.3, 0.4) is 0 Å². The molecule has 0 aliphatic carbocycles. The Balaban J connectivity index is 1.93. The number of rotatable bonds is 11. The van der Waals surface area contributed by atoms with Crippen molar-refractivity contribution in [3.63, 3.8) is 0 Å². The Hall–Kier alpha value is -3.16. The van der Waals surface area contributed by atoms with E-state index in [4.69, 9.17) is 4.74 Å². The standard InChI is InChI=1S/C28H34N2O4S/c1-5-22-14-11-15-23(6-2)27(22)29-28(31)25(19-21-12-9-8-10-13-21)30-35(32,33)24-16-17-26(34-7-3)20(4)18-24/h8-18,25,30H,5-7,19H2,1-4H3,(H,29,31)/t25-/m1/s1. The first-order chi connectivity index (χ1) is 16.8. The number of nitrogens with one attached hydrogen (secondary N) is 2. The second-order valence-electron chi connectivity index (χ2n) is 8.37. The van der Waals surface area contributed by atoms with Gasteiger partial charge in [0.1, 0.15) is 11.8 Å². The third-order valence-electron chi connectivity index (χ3n) is 5.90. The number of carbonyl (C=O) groups is 1. The van der Waals surface area contributed by atoms with Gasteiger partial charge in [0, 0.05) is 5.69 Å². The molecule has 7 heteroatoms. The van der Waals surface area contributed by atoms with E-state index in [9.17, 15) is 13.2 Å². The molecule has 0 saturated heterocycles. The first kappa shape index (κ1) is 26.4. The molecule has 0 heterocycles. The fraction of sp³-hybridized carbons (Fsp3) is 0.321. The van der Waals surface area contributed by atoms with Gasteiger partial charge < -0.3 is 10.1 Å². The monoisotopic (exact) mass is 494 g/mol. The molecule has 0 unspecified atom stereocenters. The van der Waals surface area contributed by atoms with Crippen molar-refractivity contribution in [2.75, 3.05) is 11.9 Å². The van der Waals surface area contributed by atoms with Crippen LogP contribution in [0.2, 0.25) is 0 Å². The summed E-state index contributed by atoms with van der Waals surface area (Å²) in [6, 6.07) is 19.0. The van der Waals surface area contributed by atoms with E-state index in [0.717, 1.165) is 35.2 Å². The van der Waals surface area contributed by atoms with Gasteiger partial charge in [-0.15, -0.1) is 0 Å². The fourth-order valence-electron chi connectivity index (χ4n) is 4.01. The van der Waals surface area contributed by atoms with Crippen LogP contribution in [0.25, 0.3) is 0 Å². The topological polar surface area (TPSA) is 84.5 Å². The minimum atomic E-state index is -3.97. The summed E-state index contributed by atoms with van der Waals surface area (Å²) in [5.74, 6) is 0.240. The molecule has 2 N–H and O–H groups in total. The molecular weight excluding hydrogens is 460 g/mol. The number of benzene rings is 3. The van der Waals surface area contributed by atoms with Crippen LogP contribution >= 0.6 is 0 Å². The van der Waals surface area contributed by atoms with Crippen molar-refractivity contribution in [2.24, 2.45) is 0 Å². The summed E-state index contributed by atoms with van der Waals surface area (Å²) in [4.78, 5) is 13.6. The van der Waals surface area contributed by atoms with Gasteiger partial charge in [-0.1, -0.05) is 62.4 Å². The van der Waals surface area contributed by atoms with Gasteiger partial charge in [-0.25, -0.2) is 8.42 Å². The zero-order chi connectivity index (χ0) is 25.4. The van der Waals surface area contributed by atoms with Gasteiger partial charge in [-0.3, -0.25) is 4.79 Å². The predicted molar refractivity (Wildman–Crippen MR) is 140 cm³/mol. The summed E-state index contributed by atoms with van der Waals surface area (Å²) in [5, 5.41) is 3.03. The zero-order valence-corrected chi connectivity index (χ0v) is 21.6. The highest BCUT2D eigenvalue weighted by Gasteiger charge is 2.27. The van der Waals surface area contributed by atoms with Gasteiger partial charge in [0.25, 0.3) is 0 Å². The van der Waals surface area contributed by atoms with Crippen LogP contribution in [0, 0.1) is 6.92 Å². The molecule has 0 aliphatic heterocycles. The fourth-order valence-corrected chi connectivity index (χ4v) is 5.29. The smallest absolute Gasteiger partial charge is 0.242 e. The van der Waals surface area contributed by atoms with Crippen LogP contribution in [0.4, 0.5) is 5.69 Å². The quantitative estimate of drug-likeness (QED) is 0.391. The third-order valence-corrected chi connectivity index (χ3v) is 7.37. The summed E-state index contributed by atoms with van der Waals surface area (Å²) in [5.41, 5.74) is 4.36. The van der Waals surface area contributed by atoms with Crippen molar-refractivity contribution in [3.05, 3.63) is 89.0 Å². The molecule has 0 bridgehead atoms. The Morgan fingerprint density at radius 1 is 0.914 bits per heavy atom. The van der Waals surface area contributed by atoms with E-state index in [0.29, 0.717) is 17.9 Å². The normalized spacial score (nSPS) is 12.2. The lowest BCUT2D eigenvalue weighted by molar-refractivity contribution is -0.117. The second-order valence-corrected chi connectivity index (χ2v) is 10.1. The minimum absolute atomic E-state index is 0.0903. The van der Waals surface area contributed by atoms with E-state index in [2.05, 4.69) is 10.0 Å². The largest absolute Gasteiger partial charge is 0.494 e. The molecular formula is C28H34N2O4S. The molecule has 1 amide bonds. The molecule has 0 radical (unpaired) electrons. The van der Waals surface area contributed by atoms with E-state index >= 15 is 0 Å². The third kappa shape index (κ3) is 6.71. The number of anilines is 1. The molecule has 3 rings (SSSR count). The first-order valence-corrected chi connectivity index (χ1v) is 13.5. The Labute approximate surface area is 208 Å². The molecule has 3 aromatic carbocycles. The first-order valence-electron chi connectivity index (χ1n) is 12.0. The lowest BCUT2D eigenvalue weighted by Crippen LogP contribution is -2.45. The average Bonchev–Trinajstić information content (AvgIpc) is 2.85. The number of carbonyl (C=O) groups excluding carboxylic acids is 1. The van der Waals surface area contributed by atoms with Crippen LogP contribution in [-0.4, -0.2) is 27.0 Å². The van der Waals surface area contributed by atoms with Crippen LogP contribution in [0.1, 0.15) is 43.0 Å². The number of sulfonamides is 1. The maximum absolute atomic E-state index is 13.5. The molecule has 3 aromatic rings. The van der Waals surface area contributed by atoms with Gasteiger partial charge in [0.05, 0.1) is 11.5 Å². The molecule has 186 valence electrons. The lowest BCUT2D eigenvalue weighted by atomic mass is 10.0. The van der Waals surface area contributed by atoms with Crippen LogP contribution < -0.4 is 14.8 Å². The van der Waals surface area contributed by atoms with Gasteiger partial charge >= 0.3 is 0 Å². The molecule has 0 fully saturated rings. The maximum atomic E-state index is 13.5. The summed E-state index contributed by atoms with van der Waals surface area (Å²) in [6.07, 6.45) is 1.73. The maximum Gasteiger partial charge on any atom is 0.242 e. The number of aryl methyl sites for hydroxylation is 3.